The van der Waals surface area contributed by atoms with E-state index in [0.717, 1.165) is 32.2 Å². The lowest BCUT2D eigenvalue weighted by molar-refractivity contribution is 0.0600. The summed E-state index contributed by atoms with van der Waals surface area (Å²) in [6, 6.07) is 26.7. The fourth-order valence-electron chi connectivity index (χ4n) is 7.46. The highest BCUT2D eigenvalue weighted by Crippen LogP contribution is 2.25. The predicted molar refractivity (Wildman–Crippen MR) is 239 cm³/mol. The van der Waals surface area contributed by atoms with Gasteiger partial charge in [-0.2, -0.15) is 0 Å². The molecule has 12 nitrogen and oxygen atoms in total. The van der Waals surface area contributed by atoms with E-state index in [1.165, 1.54) is 25.3 Å². The number of esters is 1. The van der Waals surface area contributed by atoms with E-state index in [0.29, 0.717) is 48.7 Å². The molecule has 0 unspecified atom stereocenters. The van der Waals surface area contributed by atoms with Crippen molar-refractivity contribution in [2.75, 3.05) is 75.8 Å². The highest BCUT2D eigenvalue weighted by molar-refractivity contribution is 5.97. The Morgan fingerprint density at radius 2 is 0.952 bits per heavy atom. The first-order valence-corrected chi connectivity index (χ1v) is 21.0. The van der Waals surface area contributed by atoms with Gasteiger partial charge in [0, 0.05) is 91.5 Å². The Hall–Kier alpha value is -5.70. The number of halogens is 2. The Morgan fingerprint density at radius 3 is 1.29 bits per heavy atom. The average molecular weight is 854 g/mol. The summed E-state index contributed by atoms with van der Waals surface area (Å²) in [7, 11) is 1.25. The number of ether oxygens (including phenoxy) is 1. The van der Waals surface area contributed by atoms with E-state index in [1.54, 1.807) is 21.9 Å². The number of nitrogens with two attached hydrogens (primary N) is 1. The zero-order valence-corrected chi connectivity index (χ0v) is 37.1. The van der Waals surface area contributed by atoms with Crippen molar-refractivity contribution in [3.63, 3.8) is 0 Å². The topological polar surface area (TPSA) is 123 Å². The smallest absolute Gasteiger partial charge is 0.337 e. The first-order chi connectivity index (χ1) is 29.4. The molecule has 2 aliphatic rings. The number of carbonyl (C=O) groups excluding carboxylic acids is 4. The number of carbonyl (C=O) groups is 4. The molecule has 6 rings (SSSR count). The van der Waals surface area contributed by atoms with Crippen molar-refractivity contribution >= 4 is 35.2 Å². The Morgan fingerprint density at radius 1 is 0.581 bits per heavy atom. The van der Waals surface area contributed by atoms with Crippen LogP contribution >= 0.6 is 0 Å². The Kier molecular flexibility index (Phi) is 16.0. The lowest BCUT2D eigenvalue weighted by Crippen LogP contribution is -2.57. The first kappa shape index (κ1) is 47.4. The van der Waals surface area contributed by atoms with E-state index in [9.17, 15) is 28.0 Å². The summed E-state index contributed by atoms with van der Waals surface area (Å²) >= 11 is 0. The van der Waals surface area contributed by atoms with Crippen molar-refractivity contribution in [3.05, 3.63) is 131 Å². The molecule has 62 heavy (non-hydrogen) atoms. The number of methoxy groups -OCH3 is 1. The van der Waals surface area contributed by atoms with Crippen LogP contribution in [0.5, 0.6) is 0 Å². The molecule has 332 valence electrons. The fraction of sp³-hybridized carbons (Fsp3) is 0.417. The highest BCUT2D eigenvalue weighted by atomic mass is 19.1. The van der Waals surface area contributed by atoms with Gasteiger partial charge in [-0.05, 0) is 84.0 Å². The van der Waals surface area contributed by atoms with Gasteiger partial charge >= 0.3 is 18.0 Å². The zero-order valence-electron chi connectivity index (χ0n) is 37.1. The van der Waals surface area contributed by atoms with Gasteiger partial charge < -0.3 is 20.3 Å². The minimum atomic E-state index is -0.599. The predicted octanol–water partition coefficient (Wildman–Crippen LogP) is 7.66. The lowest BCUT2D eigenvalue weighted by Gasteiger charge is -2.43. The van der Waals surface area contributed by atoms with Gasteiger partial charge in [0.25, 0.3) is 0 Å². The quantitative estimate of drug-likeness (QED) is 0.135. The SMILES string of the molecule is CC(C)(C)N1CCN(C(=O)N(Cc2ccc(C(=O)CN)cc2F)c2ccccc2)CC1.COC(=O)c1ccc(CN(C(=O)N2CCN(C(C)(C)C)CC2)c2ccccc2)c(F)c1. The number of benzene rings is 4. The monoisotopic (exact) mass is 853 g/mol. The molecular weight excluding hydrogens is 793 g/mol. The van der Waals surface area contributed by atoms with Gasteiger partial charge in [-0.15, -0.1) is 0 Å². The molecule has 4 aromatic rings. The van der Waals surface area contributed by atoms with Crippen LogP contribution in [-0.2, 0) is 17.8 Å². The number of Topliss-reactive ketones (excluding diaryl/α,β-unsaturated/α-hetero) is 1. The summed E-state index contributed by atoms with van der Waals surface area (Å²) in [4.78, 5) is 61.8. The van der Waals surface area contributed by atoms with Gasteiger partial charge in [0.15, 0.2) is 5.78 Å². The van der Waals surface area contributed by atoms with Crippen molar-refractivity contribution in [3.8, 4) is 0 Å². The van der Waals surface area contributed by atoms with Gasteiger partial charge in [-0.1, -0.05) is 54.6 Å². The summed E-state index contributed by atoms with van der Waals surface area (Å²) in [5.74, 6) is -1.99. The van der Waals surface area contributed by atoms with Crippen LogP contribution in [-0.4, -0.2) is 121 Å². The largest absolute Gasteiger partial charge is 0.465 e. The van der Waals surface area contributed by atoms with E-state index in [1.807, 2.05) is 70.5 Å². The van der Waals surface area contributed by atoms with Crippen LogP contribution in [0.2, 0.25) is 0 Å². The minimum absolute atomic E-state index is 0.0543. The number of urea groups is 2. The zero-order chi connectivity index (χ0) is 45.2. The molecule has 0 atom stereocenters. The molecule has 0 radical (unpaired) electrons. The molecule has 0 spiro atoms. The Labute approximate surface area is 364 Å². The second kappa shape index (κ2) is 20.9. The normalized spacial score (nSPS) is 15.0. The fourth-order valence-corrected chi connectivity index (χ4v) is 7.46. The summed E-state index contributed by atoms with van der Waals surface area (Å²) in [5, 5.41) is 0. The molecule has 0 bridgehead atoms. The van der Waals surface area contributed by atoms with Crippen LogP contribution in [0.25, 0.3) is 0 Å². The van der Waals surface area contributed by atoms with Crippen molar-refractivity contribution in [1.29, 1.82) is 0 Å². The number of ketones is 1. The number of hydrogen-bond acceptors (Lipinski definition) is 8. The van der Waals surface area contributed by atoms with Crippen molar-refractivity contribution in [2.45, 2.75) is 65.7 Å². The third-order valence-corrected chi connectivity index (χ3v) is 11.3. The molecule has 2 aliphatic heterocycles. The van der Waals surface area contributed by atoms with E-state index >= 15 is 0 Å². The molecule has 4 aromatic carbocycles. The second-order valence-corrected chi connectivity index (χ2v) is 17.4. The van der Waals surface area contributed by atoms with Crippen LogP contribution in [0.4, 0.5) is 29.7 Å². The Bertz CT molecular complexity index is 1990. The molecule has 0 aliphatic carbocycles. The van der Waals surface area contributed by atoms with E-state index in [2.05, 4.69) is 56.1 Å². The molecular formula is C48H61F2N7O5. The van der Waals surface area contributed by atoms with Gasteiger partial charge in [-0.25, -0.2) is 23.2 Å². The maximum absolute atomic E-state index is 14.8. The van der Waals surface area contributed by atoms with Crippen LogP contribution in [0.1, 0.15) is 73.4 Å². The molecule has 2 fully saturated rings. The highest BCUT2D eigenvalue weighted by Gasteiger charge is 2.32. The number of anilines is 2. The van der Waals surface area contributed by atoms with Crippen molar-refractivity contribution in [2.24, 2.45) is 5.73 Å². The molecule has 0 saturated carbocycles. The number of rotatable bonds is 9. The number of piperazine rings is 2. The standard InChI is InChI=1S/C24H31FN4O2.C24H30FN3O3/c1-24(2,3)28-13-11-27(12-14-28)23(31)29(20-7-5-4-6-8-20)17-19-10-9-18(15-21(19)25)22(30)16-26;1-24(2,3)27-14-12-26(13-15-27)23(30)28(20-8-6-5-7-9-20)17-19-11-10-18(16-21(19)25)22(29)31-4/h4-10,15H,11-14,16-17,26H2,1-3H3;5-11,16H,12-15,17H2,1-4H3. The van der Waals surface area contributed by atoms with Crippen molar-refractivity contribution in [1.82, 2.24) is 19.6 Å². The van der Waals surface area contributed by atoms with E-state index < -0.39 is 17.6 Å². The van der Waals surface area contributed by atoms with Gasteiger partial charge in [-0.3, -0.25) is 24.4 Å². The van der Waals surface area contributed by atoms with Crippen LogP contribution in [0.3, 0.4) is 0 Å². The summed E-state index contributed by atoms with van der Waals surface area (Å²) < 4.78 is 34.2. The molecule has 2 heterocycles. The van der Waals surface area contributed by atoms with E-state index in [4.69, 9.17) is 5.73 Å². The Balaban J connectivity index is 0.000000234. The van der Waals surface area contributed by atoms with Gasteiger partial charge in [0.05, 0.1) is 32.3 Å². The van der Waals surface area contributed by atoms with Crippen LogP contribution < -0.4 is 15.5 Å². The molecule has 14 heteroatoms. The van der Waals surface area contributed by atoms with Crippen LogP contribution in [0, 0.1) is 11.6 Å². The van der Waals surface area contributed by atoms with Gasteiger partial charge in [0.2, 0.25) is 0 Å². The summed E-state index contributed by atoms with van der Waals surface area (Å²) in [5.41, 5.74) is 7.93. The third-order valence-electron chi connectivity index (χ3n) is 11.3. The molecule has 2 N–H and O–H groups in total. The molecule has 0 aromatic heterocycles. The molecule has 4 amide bonds. The minimum Gasteiger partial charge on any atom is -0.465 e. The first-order valence-electron chi connectivity index (χ1n) is 21.0. The molecule has 2 saturated heterocycles. The maximum Gasteiger partial charge on any atom is 0.337 e. The average Bonchev–Trinajstić information content (AvgIpc) is 3.27. The second-order valence-electron chi connectivity index (χ2n) is 17.4. The number of amides is 4. The lowest BCUT2D eigenvalue weighted by atomic mass is 10.0. The number of nitrogens with zero attached hydrogens (tertiary/aromatic N) is 6. The summed E-state index contributed by atoms with van der Waals surface area (Å²) in [6.45, 7) is 18.6. The number of hydrogen-bond donors (Lipinski definition) is 1. The van der Waals surface area contributed by atoms with E-state index in [-0.39, 0.29) is 59.7 Å². The van der Waals surface area contributed by atoms with Crippen molar-refractivity contribution < 1.29 is 32.7 Å². The van der Waals surface area contributed by atoms with Gasteiger partial charge in [0.1, 0.15) is 11.6 Å². The van der Waals surface area contributed by atoms with Crippen LogP contribution in [0.15, 0.2) is 97.1 Å². The third kappa shape index (κ3) is 12.2. The summed E-state index contributed by atoms with van der Waals surface area (Å²) in [6.07, 6.45) is 0. The number of para-hydroxylation sites is 2. The maximum atomic E-state index is 14.8.